The van der Waals surface area contributed by atoms with Crippen LogP contribution in [0, 0.1) is 0 Å². The zero-order valence-electron chi connectivity index (χ0n) is 21.0. The second-order valence-corrected chi connectivity index (χ2v) is 13.7. The molecule has 43 heavy (non-hydrogen) atoms. The van der Waals surface area contributed by atoms with Gasteiger partial charge in [0.2, 0.25) is 0 Å². The van der Waals surface area contributed by atoms with Gasteiger partial charge in [-0.3, -0.25) is 19.2 Å². The third-order valence-electron chi connectivity index (χ3n) is 6.12. The number of thiophene rings is 1. The number of Topliss-reactive ketones (excluding diaryl/α,β-unsaturated/α-hetero) is 1. The molecule has 0 saturated carbocycles. The lowest BCUT2D eigenvalue weighted by molar-refractivity contribution is 0.00526. The molecule has 0 atom stereocenters. The van der Waals surface area contributed by atoms with E-state index in [9.17, 15) is 24.0 Å². The molecule has 8 nitrogen and oxygen atoms in total. The van der Waals surface area contributed by atoms with Crippen LogP contribution < -0.4 is 4.74 Å². The molecule has 0 unspecified atom stereocenters. The quantitative estimate of drug-likeness (QED) is 0.0459. The summed E-state index contributed by atoms with van der Waals surface area (Å²) in [5.74, 6) is -3.48. The van der Waals surface area contributed by atoms with Gasteiger partial charge in [0.1, 0.15) is 17.2 Å². The van der Waals surface area contributed by atoms with E-state index in [0.717, 1.165) is 5.01 Å². The Morgan fingerprint density at radius 3 is 1.91 bits per heavy atom. The maximum atomic E-state index is 13.8. The number of nitrogens with zero attached hydrogens (tertiary/aromatic N) is 2. The van der Waals surface area contributed by atoms with Crippen LogP contribution in [0.5, 0.6) is 5.75 Å². The number of esters is 1. The minimum Gasteiger partial charge on any atom is -0.422 e. The zero-order valence-corrected chi connectivity index (χ0v) is 29.7. The average molecular weight is 895 g/mol. The fraction of sp³-hybridized carbons (Fsp3) is 0.0357. The highest BCUT2D eigenvalue weighted by Gasteiger charge is 2.46. The Bertz CT molecular complexity index is 1800. The van der Waals surface area contributed by atoms with Crippen molar-refractivity contribution in [2.75, 3.05) is 6.54 Å². The molecule has 2 heterocycles. The van der Waals surface area contributed by atoms with Crippen LogP contribution >= 0.6 is 98.3 Å². The van der Waals surface area contributed by atoms with Gasteiger partial charge in [0.15, 0.2) is 5.78 Å². The molecule has 5 rings (SSSR count). The van der Waals surface area contributed by atoms with Crippen LogP contribution in [-0.2, 0) is 0 Å². The van der Waals surface area contributed by atoms with Gasteiger partial charge in [-0.1, -0.05) is 29.3 Å². The predicted molar refractivity (Wildman–Crippen MR) is 175 cm³/mol. The molecule has 1 aliphatic rings. The number of fused-ring (bicyclic) bond motifs is 1. The molecule has 4 aromatic rings. The van der Waals surface area contributed by atoms with Gasteiger partial charge in [0, 0.05) is 29.0 Å². The number of hydrogen-bond acceptors (Lipinski definition) is 7. The Kier molecular flexibility index (Phi) is 9.62. The topological polar surface area (TPSA) is 101 Å². The summed E-state index contributed by atoms with van der Waals surface area (Å²) in [5.41, 5.74) is 0.0916. The van der Waals surface area contributed by atoms with Crippen LogP contribution in [0.2, 0.25) is 10.0 Å². The fourth-order valence-corrected chi connectivity index (χ4v) is 7.41. The van der Waals surface area contributed by atoms with Crippen LogP contribution in [0.25, 0.3) is 0 Å². The average Bonchev–Trinajstić information content (AvgIpc) is 3.62. The molecule has 15 heteroatoms. The van der Waals surface area contributed by atoms with E-state index < -0.39 is 36.0 Å². The van der Waals surface area contributed by atoms with Gasteiger partial charge in [0.05, 0.1) is 21.2 Å². The van der Waals surface area contributed by atoms with Gasteiger partial charge in [-0.05, 0) is 118 Å². The molecular formula is C28H12Br4Cl2N2O6S. The highest BCUT2D eigenvalue weighted by atomic mass is 79.9. The Hall–Kier alpha value is -2.39. The van der Waals surface area contributed by atoms with Crippen molar-refractivity contribution in [1.82, 2.24) is 10.0 Å². The SMILES string of the molecule is O=C(CN(C(=O)c1ccc(Cl)c(Cl)c1)N1C(=O)c2c(Br)c(Br)c(Br)c(Br)c2C1=O)c1ccc(OC(=O)c2cccs2)cc1. The van der Waals surface area contributed by atoms with Crippen LogP contribution in [0.15, 0.2) is 77.9 Å². The molecular weight excluding hydrogens is 883 g/mol. The van der Waals surface area contributed by atoms with Crippen molar-refractivity contribution in [1.29, 1.82) is 0 Å². The maximum absolute atomic E-state index is 13.8. The van der Waals surface area contributed by atoms with Crippen molar-refractivity contribution in [3.63, 3.8) is 0 Å². The molecule has 3 amide bonds. The van der Waals surface area contributed by atoms with E-state index in [1.165, 1.54) is 53.8 Å². The summed E-state index contributed by atoms with van der Waals surface area (Å²) >= 11 is 26.8. The number of hydrogen-bond donors (Lipinski definition) is 0. The summed E-state index contributed by atoms with van der Waals surface area (Å²) < 4.78 is 6.81. The number of ether oxygens (including phenoxy) is 1. The van der Waals surface area contributed by atoms with Crippen LogP contribution in [0.4, 0.5) is 0 Å². The number of imide groups is 1. The normalized spacial score (nSPS) is 12.4. The van der Waals surface area contributed by atoms with E-state index in [1.807, 2.05) is 0 Å². The maximum Gasteiger partial charge on any atom is 0.353 e. The Labute approximate surface area is 291 Å². The summed E-state index contributed by atoms with van der Waals surface area (Å²) in [6.07, 6.45) is 0. The molecule has 3 aromatic carbocycles. The number of benzene rings is 3. The molecule has 0 N–H and O–H groups in total. The first-order chi connectivity index (χ1) is 20.4. The Morgan fingerprint density at radius 1 is 0.791 bits per heavy atom. The molecule has 0 bridgehead atoms. The highest BCUT2D eigenvalue weighted by molar-refractivity contribution is 9.15. The largest absolute Gasteiger partial charge is 0.422 e. The van der Waals surface area contributed by atoms with Crippen LogP contribution in [0.3, 0.4) is 0 Å². The lowest BCUT2D eigenvalue weighted by Gasteiger charge is -2.29. The lowest BCUT2D eigenvalue weighted by atomic mass is 10.1. The molecule has 0 saturated heterocycles. The monoisotopic (exact) mass is 890 g/mol. The van der Waals surface area contributed by atoms with E-state index >= 15 is 0 Å². The van der Waals surface area contributed by atoms with E-state index in [-0.39, 0.29) is 47.0 Å². The van der Waals surface area contributed by atoms with Crippen molar-refractivity contribution in [2.24, 2.45) is 0 Å². The molecule has 0 aliphatic carbocycles. The van der Waals surface area contributed by atoms with Gasteiger partial charge < -0.3 is 4.74 Å². The summed E-state index contributed by atoms with van der Waals surface area (Å²) in [7, 11) is 0. The minimum atomic E-state index is -0.853. The second-order valence-electron chi connectivity index (χ2n) is 8.73. The van der Waals surface area contributed by atoms with E-state index in [0.29, 0.717) is 18.8 Å². The smallest absolute Gasteiger partial charge is 0.353 e. The fourth-order valence-electron chi connectivity index (χ4n) is 4.06. The van der Waals surface area contributed by atoms with Gasteiger partial charge in [-0.2, -0.15) is 5.01 Å². The van der Waals surface area contributed by atoms with E-state index in [1.54, 1.807) is 17.5 Å². The van der Waals surface area contributed by atoms with Gasteiger partial charge in [-0.15, -0.1) is 11.3 Å². The van der Waals surface area contributed by atoms with Gasteiger partial charge >= 0.3 is 5.97 Å². The van der Waals surface area contributed by atoms with Crippen molar-refractivity contribution >= 4 is 128 Å². The molecule has 218 valence electrons. The summed E-state index contributed by atoms with van der Waals surface area (Å²) in [6, 6.07) is 13.0. The molecule has 1 aliphatic heterocycles. The number of halogens is 6. The first-order valence-electron chi connectivity index (χ1n) is 11.8. The van der Waals surface area contributed by atoms with Crippen molar-refractivity contribution in [3.05, 3.63) is 115 Å². The van der Waals surface area contributed by atoms with Crippen molar-refractivity contribution in [2.45, 2.75) is 0 Å². The Morgan fingerprint density at radius 2 is 1.37 bits per heavy atom. The van der Waals surface area contributed by atoms with E-state index in [4.69, 9.17) is 27.9 Å². The third kappa shape index (κ3) is 6.13. The molecule has 0 spiro atoms. The number of carbonyl (C=O) groups is 5. The summed E-state index contributed by atoms with van der Waals surface area (Å²) in [4.78, 5) is 67.4. The standard InChI is InChI=1S/C28H12Br4Cl2N2O6S/c29-21-19-20(22(30)24(32)23(21)31)27(40)36(26(19)39)35(25(38)13-5-8-15(33)16(34)10-13)11-17(37)12-3-6-14(7-4-12)42-28(41)18-2-1-9-43-18/h1-10H,11H2. The van der Waals surface area contributed by atoms with Crippen molar-refractivity contribution < 1.29 is 28.7 Å². The van der Waals surface area contributed by atoms with Crippen LogP contribution in [0.1, 0.15) is 51.1 Å². The predicted octanol–water partition coefficient (Wildman–Crippen LogP) is 8.86. The van der Waals surface area contributed by atoms with Crippen LogP contribution in [-0.4, -0.2) is 46.0 Å². The van der Waals surface area contributed by atoms with E-state index in [2.05, 4.69) is 63.7 Å². The number of carbonyl (C=O) groups excluding carboxylic acids is 5. The van der Waals surface area contributed by atoms with Crippen molar-refractivity contribution in [3.8, 4) is 5.75 Å². The van der Waals surface area contributed by atoms with Gasteiger partial charge in [-0.25, -0.2) is 9.80 Å². The molecule has 0 fully saturated rings. The minimum absolute atomic E-state index is 0.0109. The van der Waals surface area contributed by atoms with Gasteiger partial charge in [0.25, 0.3) is 17.7 Å². The Balaban J connectivity index is 1.49. The number of ketones is 1. The molecule has 0 radical (unpaired) electrons. The lowest BCUT2D eigenvalue weighted by Crippen LogP contribution is -2.51. The molecule has 1 aromatic heterocycles. The summed E-state index contributed by atoms with van der Waals surface area (Å²) in [5, 5.41) is 3.38. The first kappa shape index (κ1) is 32.0. The summed E-state index contributed by atoms with van der Waals surface area (Å²) in [6.45, 7) is -0.698. The number of rotatable bonds is 7. The third-order valence-corrected chi connectivity index (χ3v) is 12.5. The number of hydrazine groups is 1. The first-order valence-corrected chi connectivity index (χ1v) is 16.6. The number of amides is 3. The highest BCUT2D eigenvalue weighted by Crippen LogP contribution is 2.45. The second kappa shape index (κ2) is 12.9. The zero-order chi connectivity index (χ0) is 31.2.